The Morgan fingerprint density at radius 2 is 2.29 bits per heavy atom. The summed E-state index contributed by atoms with van der Waals surface area (Å²) in [6, 6.07) is 7.85. The Morgan fingerprint density at radius 1 is 1.47 bits per heavy atom. The van der Waals surface area contributed by atoms with Crippen LogP contribution in [0.1, 0.15) is 12.1 Å². The number of rotatable bonds is 4. The average molecular weight is 232 g/mol. The SMILES string of the molecule is COCCC(=O)Nc1cccc2[nH]c(C)cc12. The Hall–Kier alpha value is -1.81. The Morgan fingerprint density at radius 3 is 3.06 bits per heavy atom. The van der Waals surface area contributed by atoms with Crippen LogP contribution in [-0.4, -0.2) is 24.6 Å². The second-order valence-corrected chi connectivity index (χ2v) is 4.01. The lowest BCUT2D eigenvalue weighted by Gasteiger charge is -2.05. The number of methoxy groups -OCH3 is 1. The zero-order valence-electron chi connectivity index (χ0n) is 10.0. The summed E-state index contributed by atoms with van der Waals surface area (Å²) in [4.78, 5) is 14.9. The number of aromatic amines is 1. The van der Waals surface area contributed by atoms with Gasteiger partial charge in [0.1, 0.15) is 0 Å². The monoisotopic (exact) mass is 232 g/mol. The number of hydrogen-bond donors (Lipinski definition) is 2. The molecule has 0 spiro atoms. The van der Waals surface area contributed by atoms with Crippen molar-refractivity contribution < 1.29 is 9.53 Å². The number of aromatic nitrogens is 1. The second kappa shape index (κ2) is 5.01. The lowest BCUT2D eigenvalue weighted by Crippen LogP contribution is -2.13. The van der Waals surface area contributed by atoms with Gasteiger partial charge in [-0.1, -0.05) is 6.07 Å². The summed E-state index contributed by atoms with van der Waals surface area (Å²) >= 11 is 0. The van der Waals surface area contributed by atoms with Crippen molar-refractivity contribution in [3.8, 4) is 0 Å². The maximum absolute atomic E-state index is 11.6. The van der Waals surface area contributed by atoms with Gasteiger partial charge in [-0.2, -0.15) is 0 Å². The fraction of sp³-hybridized carbons (Fsp3) is 0.308. The highest BCUT2D eigenvalue weighted by molar-refractivity contribution is 6.01. The number of fused-ring (bicyclic) bond motifs is 1. The average Bonchev–Trinajstić information content (AvgIpc) is 2.68. The van der Waals surface area contributed by atoms with Crippen molar-refractivity contribution in [1.29, 1.82) is 0 Å². The molecule has 0 bridgehead atoms. The summed E-state index contributed by atoms with van der Waals surface area (Å²) in [5.74, 6) is -0.0294. The van der Waals surface area contributed by atoms with Crippen molar-refractivity contribution in [1.82, 2.24) is 4.98 Å². The van der Waals surface area contributed by atoms with E-state index in [2.05, 4.69) is 10.3 Å². The normalized spacial score (nSPS) is 10.7. The van der Waals surface area contributed by atoms with E-state index in [4.69, 9.17) is 4.74 Å². The van der Waals surface area contributed by atoms with Gasteiger partial charge in [0.15, 0.2) is 0 Å². The quantitative estimate of drug-likeness (QED) is 0.850. The van der Waals surface area contributed by atoms with Gasteiger partial charge in [-0.3, -0.25) is 4.79 Å². The van der Waals surface area contributed by atoms with E-state index in [-0.39, 0.29) is 5.91 Å². The molecule has 0 aliphatic carbocycles. The summed E-state index contributed by atoms with van der Waals surface area (Å²) in [5.41, 5.74) is 2.96. The third-order valence-electron chi connectivity index (χ3n) is 2.61. The summed E-state index contributed by atoms with van der Waals surface area (Å²) in [6.45, 7) is 2.44. The predicted octanol–water partition coefficient (Wildman–Crippen LogP) is 2.45. The van der Waals surface area contributed by atoms with Crippen LogP contribution in [0.15, 0.2) is 24.3 Å². The molecule has 2 aromatic rings. The summed E-state index contributed by atoms with van der Waals surface area (Å²) in [5, 5.41) is 3.93. The highest BCUT2D eigenvalue weighted by atomic mass is 16.5. The maximum Gasteiger partial charge on any atom is 0.226 e. The molecule has 0 radical (unpaired) electrons. The minimum Gasteiger partial charge on any atom is -0.384 e. The van der Waals surface area contributed by atoms with Gasteiger partial charge in [0.25, 0.3) is 0 Å². The van der Waals surface area contributed by atoms with E-state index in [1.165, 1.54) is 0 Å². The number of H-pyrrole nitrogens is 1. The molecular weight excluding hydrogens is 216 g/mol. The molecule has 1 aromatic heterocycles. The Balaban J connectivity index is 2.20. The second-order valence-electron chi connectivity index (χ2n) is 4.01. The molecule has 0 unspecified atom stereocenters. The number of aryl methyl sites for hydroxylation is 1. The van der Waals surface area contributed by atoms with E-state index in [9.17, 15) is 4.79 Å². The van der Waals surface area contributed by atoms with Crippen LogP contribution in [0.4, 0.5) is 5.69 Å². The lowest BCUT2D eigenvalue weighted by molar-refractivity contribution is -0.117. The molecule has 0 atom stereocenters. The first kappa shape index (κ1) is 11.7. The van der Waals surface area contributed by atoms with Crippen LogP contribution < -0.4 is 5.32 Å². The summed E-state index contributed by atoms with van der Waals surface area (Å²) in [7, 11) is 1.59. The fourth-order valence-corrected chi connectivity index (χ4v) is 1.81. The van der Waals surface area contributed by atoms with Crippen molar-refractivity contribution in [2.45, 2.75) is 13.3 Å². The molecule has 1 amide bonds. The van der Waals surface area contributed by atoms with Crippen molar-refractivity contribution in [3.05, 3.63) is 30.0 Å². The number of ether oxygens (including phenoxy) is 1. The highest BCUT2D eigenvalue weighted by Crippen LogP contribution is 2.24. The zero-order valence-corrected chi connectivity index (χ0v) is 10.0. The van der Waals surface area contributed by atoms with E-state index in [0.29, 0.717) is 13.0 Å². The third-order valence-corrected chi connectivity index (χ3v) is 2.61. The first-order valence-corrected chi connectivity index (χ1v) is 5.58. The van der Waals surface area contributed by atoms with E-state index >= 15 is 0 Å². The number of hydrogen-bond acceptors (Lipinski definition) is 2. The van der Waals surface area contributed by atoms with Gasteiger partial charge >= 0.3 is 0 Å². The molecule has 2 N–H and O–H groups in total. The lowest BCUT2D eigenvalue weighted by atomic mass is 10.2. The van der Waals surface area contributed by atoms with E-state index < -0.39 is 0 Å². The number of carbonyl (C=O) groups excluding carboxylic acids is 1. The van der Waals surface area contributed by atoms with Gasteiger partial charge < -0.3 is 15.0 Å². The minimum absolute atomic E-state index is 0.0294. The van der Waals surface area contributed by atoms with Gasteiger partial charge in [-0.25, -0.2) is 0 Å². The van der Waals surface area contributed by atoms with Gasteiger partial charge in [0.2, 0.25) is 5.91 Å². The number of carbonyl (C=O) groups is 1. The van der Waals surface area contributed by atoms with Crippen LogP contribution in [0.25, 0.3) is 10.9 Å². The Bertz CT molecular complexity index is 531. The molecule has 1 aromatic carbocycles. The topological polar surface area (TPSA) is 54.1 Å². The van der Waals surface area contributed by atoms with Crippen LogP contribution in [0.3, 0.4) is 0 Å². The van der Waals surface area contributed by atoms with Crippen molar-refractivity contribution in [3.63, 3.8) is 0 Å². The van der Waals surface area contributed by atoms with Gasteiger partial charge in [0, 0.05) is 23.7 Å². The first-order chi connectivity index (χ1) is 8.20. The molecule has 0 aliphatic rings. The van der Waals surface area contributed by atoms with E-state index in [1.807, 2.05) is 31.2 Å². The maximum atomic E-state index is 11.6. The molecule has 4 heteroatoms. The van der Waals surface area contributed by atoms with E-state index in [1.54, 1.807) is 7.11 Å². The summed E-state index contributed by atoms with van der Waals surface area (Å²) in [6.07, 6.45) is 0.371. The van der Waals surface area contributed by atoms with Gasteiger partial charge in [0.05, 0.1) is 18.7 Å². The van der Waals surface area contributed by atoms with Crippen molar-refractivity contribution >= 4 is 22.5 Å². The number of nitrogens with one attached hydrogen (secondary N) is 2. The predicted molar refractivity (Wildman–Crippen MR) is 68.2 cm³/mol. The number of benzene rings is 1. The zero-order chi connectivity index (χ0) is 12.3. The number of anilines is 1. The minimum atomic E-state index is -0.0294. The molecule has 90 valence electrons. The van der Waals surface area contributed by atoms with Crippen LogP contribution in [0.2, 0.25) is 0 Å². The molecule has 2 rings (SSSR count). The standard InChI is InChI=1S/C13H16N2O2/c1-9-8-10-11(14-9)4-3-5-12(10)15-13(16)6-7-17-2/h3-5,8,14H,6-7H2,1-2H3,(H,15,16). The molecule has 1 heterocycles. The van der Waals surface area contributed by atoms with E-state index in [0.717, 1.165) is 22.3 Å². The smallest absolute Gasteiger partial charge is 0.226 e. The summed E-state index contributed by atoms with van der Waals surface area (Å²) < 4.78 is 4.87. The highest BCUT2D eigenvalue weighted by Gasteiger charge is 2.06. The molecule has 4 nitrogen and oxygen atoms in total. The molecule has 0 saturated heterocycles. The fourth-order valence-electron chi connectivity index (χ4n) is 1.81. The molecule has 0 saturated carbocycles. The van der Waals surface area contributed by atoms with Crippen LogP contribution in [0, 0.1) is 6.92 Å². The molecule has 0 aliphatic heterocycles. The van der Waals surface area contributed by atoms with Gasteiger partial charge in [-0.15, -0.1) is 0 Å². The van der Waals surface area contributed by atoms with Crippen LogP contribution >= 0.6 is 0 Å². The van der Waals surface area contributed by atoms with Crippen molar-refractivity contribution in [2.75, 3.05) is 19.0 Å². The van der Waals surface area contributed by atoms with Crippen LogP contribution in [-0.2, 0) is 9.53 Å². The largest absolute Gasteiger partial charge is 0.384 e. The Labute approximate surface area is 100.0 Å². The molecule has 17 heavy (non-hydrogen) atoms. The molecule has 0 fully saturated rings. The van der Waals surface area contributed by atoms with Crippen molar-refractivity contribution in [2.24, 2.45) is 0 Å². The molecular formula is C13H16N2O2. The number of amides is 1. The third kappa shape index (κ3) is 2.65. The van der Waals surface area contributed by atoms with Gasteiger partial charge in [-0.05, 0) is 25.1 Å². The Kier molecular flexibility index (Phi) is 3.44. The first-order valence-electron chi connectivity index (χ1n) is 5.58. The van der Waals surface area contributed by atoms with Crippen LogP contribution in [0.5, 0.6) is 0 Å².